The molecule has 1 aromatic carbocycles. The second-order valence-electron chi connectivity index (χ2n) is 4.73. The molecule has 0 aliphatic rings. The van der Waals surface area contributed by atoms with E-state index in [9.17, 15) is 0 Å². The molecule has 5 heteroatoms. The molecule has 2 aromatic heterocycles. The van der Waals surface area contributed by atoms with Crippen LogP contribution in [-0.2, 0) is 20.1 Å². The van der Waals surface area contributed by atoms with Crippen LogP contribution in [0.2, 0.25) is 0 Å². The molecule has 0 amide bonds. The minimum absolute atomic E-state index is 0.547. The molecule has 0 saturated heterocycles. The Balaban J connectivity index is 2.08. The maximum Gasteiger partial charge on any atom is 0.152 e. The molecular weight excluding hydrogens is 238 g/mol. The molecule has 19 heavy (non-hydrogen) atoms. The van der Waals surface area contributed by atoms with E-state index in [1.54, 1.807) is 0 Å². The molecule has 2 N–H and O–H groups in total. The van der Waals surface area contributed by atoms with Gasteiger partial charge in [-0.1, -0.05) is 18.2 Å². The smallest absolute Gasteiger partial charge is 0.152 e. The van der Waals surface area contributed by atoms with Crippen molar-refractivity contribution in [2.75, 3.05) is 0 Å². The lowest BCUT2D eigenvalue weighted by Crippen LogP contribution is -2.06. The van der Waals surface area contributed by atoms with Gasteiger partial charge in [-0.15, -0.1) is 10.2 Å². The quantitative estimate of drug-likeness (QED) is 0.773. The first-order valence-electron chi connectivity index (χ1n) is 6.32. The fourth-order valence-corrected chi connectivity index (χ4v) is 2.36. The van der Waals surface area contributed by atoms with Gasteiger partial charge in [0, 0.05) is 30.7 Å². The molecule has 0 unspecified atom stereocenters. The molecule has 0 bridgehead atoms. The van der Waals surface area contributed by atoms with E-state index < -0.39 is 0 Å². The van der Waals surface area contributed by atoms with Crippen LogP contribution in [0.1, 0.15) is 17.2 Å². The van der Waals surface area contributed by atoms with Crippen LogP contribution in [0, 0.1) is 6.92 Å². The Bertz CT molecular complexity index is 723. The van der Waals surface area contributed by atoms with Gasteiger partial charge in [0.2, 0.25) is 0 Å². The number of hydrogen-bond acceptors (Lipinski definition) is 3. The molecule has 0 fully saturated rings. The molecule has 5 nitrogen and oxygen atoms in total. The number of nitrogens with two attached hydrogens (primary N) is 1. The van der Waals surface area contributed by atoms with Crippen molar-refractivity contribution in [2.45, 2.75) is 20.0 Å². The van der Waals surface area contributed by atoms with E-state index in [0.29, 0.717) is 13.1 Å². The Labute approximate surface area is 111 Å². The lowest BCUT2D eigenvalue weighted by Gasteiger charge is -2.05. The van der Waals surface area contributed by atoms with Gasteiger partial charge in [0.1, 0.15) is 5.82 Å². The van der Waals surface area contributed by atoms with Crippen LogP contribution in [0.4, 0.5) is 0 Å². The summed E-state index contributed by atoms with van der Waals surface area (Å²) < 4.78 is 4.19. The normalized spacial score (nSPS) is 11.3. The summed E-state index contributed by atoms with van der Waals surface area (Å²) in [5.74, 6) is 1.87. The Morgan fingerprint density at radius 1 is 1.21 bits per heavy atom. The zero-order valence-corrected chi connectivity index (χ0v) is 11.2. The topological polar surface area (TPSA) is 61.7 Å². The average Bonchev–Trinajstić information content (AvgIpc) is 2.95. The highest BCUT2D eigenvalue weighted by Crippen LogP contribution is 2.21. The van der Waals surface area contributed by atoms with E-state index in [-0.39, 0.29) is 0 Å². The van der Waals surface area contributed by atoms with E-state index >= 15 is 0 Å². The van der Waals surface area contributed by atoms with Crippen LogP contribution in [0.15, 0.2) is 30.5 Å². The van der Waals surface area contributed by atoms with Gasteiger partial charge in [0.05, 0.1) is 6.54 Å². The molecule has 3 aromatic rings. The molecular formula is C14H17N5. The van der Waals surface area contributed by atoms with E-state index in [2.05, 4.69) is 33.1 Å². The SMILES string of the molecule is Cc1nnc(Cn2cc(CN)c3ccccc32)n1C. The number of rotatable bonds is 3. The van der Waals surface area contributed by atoms with Gasteiger partial charge >= 0.3 is 0 Å². The van der Waals surface area contributed by atoms with Crippen molar-refractivity contribution in [1.29, 1.82) is 0 Å². The Kier molecular flexibility index (Phi) is 2.83. The number of nitrogens with zero attached hydrogens (tertiary/aromatic N) is 4. The van der Waals surface area contributed by atoms with Gasteiger partial charge in [-0.2, -0.15) is 0 Å². The van der Waals surface area contributed by atoms with Gasteiger partial charge < -0.3 is 14.9 Å². The van der Waals surface area contributed by atoms with Crippen LogP contribution in [0.5, 0.6) is 0 Å². The average molecular weight is 255 g/mol. The summed E-state index contributed by atoms with van der Waals surface area (Å²) in [6.07, 6.45) is 2.11. The minimum atomic E-state index is 0.547. The van der Waals surface area contributed by atoms with Crippen molar-refractivity contribution < 1.29 is 0 Å². The second-order valence-corrected chi connectivity index (χ2v) is 4.73. The van der Waals surface area contributed by atoms with E-state index in [1.807, 2.05) is 30.7 Å². The second kappa shape index (κ2) is 4.51. The fraction of sp³-hybridized carbons (Fsp3) is 0.286. The molecule has 0 aliphatic carbocycles. The number of benzene rings is 1. The third-order valence-corrected chi connectivity index (χ3v) is 3.59. The first-order chi connectivity index (χ1) is 9.20. The van der Waals surface area contributed by atoms with E-state index in [4.69, 9.17) is 5.73 Å². The standard InChI is InChI=1S/C14H17N5/c1-10-16-17-14(18(10)2)9-19-8-11(7-15)12-5-3-4-6-13(12)19/h3-6,8H,7,9,15H2,1-2H3. The molecule has 3 rings (SSSR count). The zero-order valence-electron chi connectivity index (χ0n) is 11.2. The summed E-state index contributed by atoms with van der Waals surface area (Å²) in [6.45, 7) is 3.21. The van der Waals surface area contributed by atoms with Crippen LogP contribution < -0.4 is 5.73 Å². The summed E-state index contributed by atoms with van der Waals surface area (Å²) in [6, 6.07) is 8.30. The molecule has 98 valence electrons. The van der Waals surface area contributed by atoms with Crippen LogP contribution in [0.3, 0.4) is 0 Å². The van der Waals surface area contributed by atoms with Gasteiger partial charge in [-0.3, -0.25) is 0 Å². The van der Waals surface area contributed by atoms with Crippen molar-refractivity contribution in [3.05, 3.63) is 47.7 Å². The highest BCUT2D eigenvalue weighted by molar-refractivity contribution is 5.84. The van der Waals surface area contributed by atoms with Gasteiger partial charge in [0.25, 0.3) is 0 Å². The van der Waals surface area contributed by atoms with Gasteiger partial charge in [-0.25, -0.2) is 0 Å². The van der Waals surface area contributed by atoms with Crippen LogP contribution >= 0.6 is 0 Å². The van der Waals surface area contributed by atoms with Crippen molar-refractivity contribution in [3.63, 3.8) is 0 Å². The highest BCUT2D eigenvalue weighted by atomic mass is 15.3. The molecule has 0 saturated carbocycles. The third kappa shape index (κ3) is 1.92. The maximum atomic E-state index is 5.81. The monoisotopic (exact) mass is 255 g/mol. The zero-order chi connectivity index (χ0) is 13.4. The van der Waals surface area contributed by atoms with Crippen molar-refractivity contribution in [2.24, 2.45) is 12.8 Å². The number of para-hydroxylation sites is 1. The predicted molar refractivity (Wildman–Crippen MR) is 74.7 cm³/mol. The summed E-state index contributed by atoms with van der Waals surface area (Å²) >= 11 is 0. The Morgan fingerprint density at radius 3 is 2.68 bits per heavy atom. The number of hydrogen-bond donors (Lipinski definition) is 1. The third-order valence-electron chi connectivity index (χ3n) is 3.59. The Morgan fingerprint density at radius 2 is 2.00 bits per heavy atom. The van der Waals surface area contributed by atoms with E-state index in [0.717, 1.165) is 17.2 Å². The minimum Gasteiger partial charge on any atom is -0.339 e. The fourth-order valence-electron chi connectivity index (χ4n) is 2.36. The van der Waals surface area contributed by atoms with Gasteiger partial charge in [-0.05, 0) is 18.6 Å². The number of aromatic nitrogens is 4. The largest absolute Gasteiger partial charge is 0.339 e. The Hall–Kier alpha value is -2.14. The molecule has 0 atom stereocenters. The van der Waals surface area contributed by atoms with Gasteiger partial charge in [0.15, 0.2) is 5.82 Å². The number of aryl methyl sites for hydroxylation is 1. The molecule has 2 heterocycles. The molecule has 0 radical (unpaired) electrons. The first kappa shape index (κ1) is 11.9. The first-order valence-corrected chi connectivity index (χ1v) is 6.32. The summed E-state index contributed by atoms with van der Waals surface area (Å²) in [7, 11) is 1.99. The summed E-state index contributed by atoms with van der Waals surface area (Å²) in [4.78, 5) is 0. The predicted octanol–water partition coefficient (Wildman–Crippen LogP) is 1.59. The van der Waals surface area contributed by atoms with Crippen LogP contribution in [-0.4, -0.2) is 19.3 Å². The van der Waals surface area contributed by atoms with Crippen molar-refractivity contribution >= 4 is 10.9 Å². The van der Waals surface area contributed by atoms with Crippen molar-refractivity contribution in [1.82, 2.24) is 19.3 Å². The maximum absolute atomic E-state index is 5.81. The molecule has 0 aliphatic heterocycles. The molecule has 0 spiro atoms. The number of fused-ring (bicyclic) bond motifs is 1. The lowest BCUT2D eigenvalue weighted by molar-refractivity contribution is 0.706. The highest BCUT2D eigenvalue weighted by Gasteiger charge is 2.10. The van der Waals surface area contributed by atoms with Crippen LogP contribution in [0.25, 0.3) is 10.9 Å². The summed E-state index contributed by atoms with van der Waals surface area (Å²) in [5, 5.41) is 9.52. The summed E-state index contributed by atoms with van der Waals surface area (Å²) in [5.41, 5.74) is 8.16. The van der Waals surface area contributed by atoms with Crippen molar-refractivity contribution in [3.8, 4) is 0 Å². The van der Waals surface area contributed by atoms with E-state index in [1.165, 1.54) is 10.9 Å². The lowest BCUT2D eigenvalue weighted by atomic mass is 10.2.